The number of hydrogen-bond acceptors (Lipinski definition) is 4. The lowest BCUT2D eigenvalue weighted by Gasteiger charge is -2.30. The monoisotopic (exact) mass is 248 g/mol. The Morgan fingerprint density at radius 1 is 1.33 bits per heavy atom. The van der Waals surface area contributed by atoms with E-state index < -0.39 is 0 Å². The minimum atomic E-state index is 0.837. The average molecular weight is 248 g/mol. The van der Waals surface area contributed by atoms with Crippen molar-refractivity contribution in [2.75, 3.05) is 29.9 Å². The van der Waals surface area contributed by atoms with Gasteiger partial charge in [-0.1, -0.05) is 13.8 Å². The lowest BCUT2D eigenvalue weighted by atomic mass is 10.00. The van der Waals surface area contributed by atoms with Crippen LogP contribution >= 0.6 is 0 Å². The molecule has 0 aliphatic carbocycles. The summed E-state index contributed by atoms with van der Waals surface area (Å²) in [6, 6.07) is 2.02. The molecule has 4 heteroatoms. The van der Waals surface area contributed by atoms with Crippen LogP contribution < -0.4 is 10.2 Å². The maximum Gasteiger partial charge on any atom is 0.227 e. The largest absolute Gasteiger partial charge is 0.370 e. The second-order valence-electron chi connectivity index (χ2n) is 5.29. The molecule has 1 aliphatic heterocycles. The van der Waals surface area contributed by atoms with Gasteiger partial charge >= 0.3 is 0 Å². The summed E-state index contributed by atoms with van der Waals surface area (Å²) in [6.45, 7) is 9.65. The van der Waals surface area contributed by atoms with Crippen molar-refractivity contribution < 1.29 is 0 Å². The predicted molar refractivity (Wildman–Crippen MR) is 76.2 cm³/mol. The van der Waals surface area contributed by atoms with Crippen LogP contribution in [0.25, 0.3) is 0 Å². The van der Waals surface area contributed by atoms with Gasteiger partial charge in [-0.05, 0) is 32.1 Å². The number of aryl methyl sites for hydroxylation is 1. The molecule has 4 nitrogen and oxygen atoms in total. The van der Waals surface area contributed by atoms with Crippen LogP contribution in [-0.2, 0) is 0 Å². The molecule has 0 saturated carbocycles. The van der Waals surface area contributed by atoms with Crippen molar-refractivity contribution in [3.8, 4) is 0 Å². The van der Waals surface area contributed by atoms with Crippen molar-refractivity contribution in [2.45, 2.75) is 40.0 Å². The molecule has 100 valence electrons. The van der Waals surface area contributed by atoms with Crippen LogP contribution in [0.1, 0.15) is 38.8 Å². The number of nitrogens with one attached hydrogen (secondary N) is 1. The third kappa shape index (κ3) is 3.34. The minimum Gasteiger partial charge on any atom is -0.370 e. The van der Waals surface area contributed by atoms with Gasteiger partial charge in [0, 0.05) is 31.4 Å². The molecule has 1 aromatic rings. The Morgan fingerprint density at radius 2 is 2.06 bits per heavy atom. The van der Waals surface area contributed by atoms with Crippen molar-refractivity contribution >= 4 is 11.8 Å². The molecule has 2 rings (SSSR count). The van der Waals surface area contributed by atoms with E-state index in [0.717, 1.165) is 49.4 Å². The molecular formula is C14H24N4. The van der Waals surface area contributed by atoms with Crippen molar-refractivity contribution in [3.63, 3.8) is 0 Å². The zero-order valence-electron chi connectivity index (χ0n) is 11.7. The molecular weight excluding hydrogens is 224 g/mol. The van der Waals surface area contributed by atoms with Gasteiger partial charge in [0.15, 0.2) is 0 Å². The zero-order chi connectivity index (χ0) is 13.0. The third-order valence-corrected chi connectivity index (χ3v) is 3.47. The first kappa shape index (κ1) is 13.1. The van der Waals surface area contributed by atoms with Gasteiger partial charge < -0.3 is 10.2 Å². The molecule has 0 radical (unpaired) electrons. The summed E-state index contributed by atoms with van der Waals surface area (Å²) in [5.74, 6) is 2.68. The highest BCUT2D eigenvalue weighted by Crippen LogP contribution is 2.21. The van der Waals surface area contributed by atoms with Crippen LogP contribution in [0.4, 0.5) is 11.8 Å². The highest BCUT2D eigenvalue weighted by atomic mass is 15.3. The second-order valence-corrected chi connectivity index (χ2v) is 5.29. The Kier molecular flexibility index (Phi) is 4.39. The van der Waals surface area contributed by atoms with Crippen molar-refractivity contribution in [2.24, 2.45) is 5.92 Å². The Hall–Kier alpha value is -1.32. The van der Waals surface area contributed by atoms with E-state index in [4.69, 9.17) is 0 Å². The summed E-state index contributed by atoms with van der Waals surface area (Å²) in [5.41, 5.74) is 1.04. The van der Waals surface area contributed by atoms with Gasteiger partial charge in [0.2, 0.25) is 5.95 Å². The van der Waals surface area contributed by atoms with E-state index in [1.807, 2.05) is 13.0 Å². The van der Waals surface area contributed by atoms with Crippen LogP contribution in [0, 0.1) is 12.8 Å². The van der Waals surface area contributed by atoms with E-state index in [2.05, 4.69) is 34.0 Å². The lowest BCUT2D eigenvalue weighted by Crippen LogP contribution is -2.34. The standard InChI is InChI=1S/C14H24N4/c1-4-7-15-13-10-12(3)16-14(17-13)18-8-5-11(2)6-9-18/h10-11H,4-9H2,1-3H3,(H,15,16,17). The summed E-state index contributed by atoms with van der Waals surface area (Å²) < 4.78 is 0. The summed E-state index contributed by atoms with van der Waals surface area (Å²) in [7, 11) is 0. The van der Waals surface area contributed by atoms with Crippen LogP contribution in [0.5, 0.6) is 0 Å². The van der Waals surface area contributed by atoms with Gasteiger partial charge in [0.05, 0.1) is 0 Å². The quantitative estimate of drug-likeness (QED) is 0.889. The number of nitrogens with zero attached hydrogens (tertiary/aromatic N) is 3. The molecule has 0 aromatic carbocycles. The van der Waals surface area contributed by atoms with Gasteiger partial charge in [-0.15, -0.1) is 0 Å². The highest BCUT2D eigenvalue weighted by molar-refractivity contribution is 5.43. The SMILES string of the molecule is CCCNc1cc(C)nc(N2CCC(C)CC2)n1. The summed E-state index contributed by atoms with van der Waals surface area (Å²) >= 11 is 0. The number of rotatable bonds is 4. The van der Waals surface area contributed by atoms with Crippen molar-refractivity contribution in [1.82, 2.24) is 9.97 Å². The normalized spacial score (nSPS) is 16.9. The minimum absolute atomic E-state index is 0.837. The highest BCUT2D eigenvalue weighted by Gasteiger charge is 2.18. The zero-order valence-corrected chi connectivity index (χ0v) is 11.7. The molecule has 0 atom stereocenters. The predicted octanol–water partition coefficient (Wildman–Crippen LogP) is 2.84. The maximum atomic E-state index is 4.62. The molecule has 0 amide bonds. The van der Waals surface area contributed by atoms with Crippen LogP contribution in [-0.4, -0.2) is 29.6 Å². The van der Waals surface area contributed by atoms with Crippen molar-refractivity contribution in [1.29, 1.82) is 0 Å². The van der Waals surface area contributed by atoms with Crippen LogP contribution in [0.15, 0.2) is 6.07 Å². The summed E-state index contributed by atoms with van der Waals surface area (Å²) in [4.78, 5) is 11.5. The van der Waals surface area contributed by atoms with E-state index in [9.17, 15) is 0 Å². The van der Waals surface area contributed by atoms with E-state index in [-0.39, 0.29) is 0 Å². The van der Waals surface area contributed by atoms with Gasteiger partial charge in [0.25, 0.3) is 0 Å². The smallest absolute Gasteiger partial charge is 0.227 e. The summed E-state index contributed by atoms with van der Waals surface area (Å²) in [5, 5.41) is 3.35. The van der Waals surface area contributed by atoms with Crippen molar-refractivity contribution in [3.05, 3.63) is 11.8 Å². The average Bonchev–Trinajstić information content (AvgIpc) is 2.36. The molecule has 1 N–H and O–H groups in total. The fraction of sp³-hybridized carbons (Fsp3) is 0.714. The van der Waals surface area contributed by atoms with E-state index >= 15 is 0 Å². The van der Waals surface area contributed by atoms with Crippen LogP contribution in [0.3, 0.4) is 0 Å². The topological polar surface area (TPSA) is 41.1 Å². The van der Waals surface area contributed by atoms with E-state index in [1.54, 1.807) is 0 Å². The summed E-state index contributed by atoms with van der Waals surface area (Å²) in [6.07, 6.45) is 3.60. The first-order valence-electron chi connectivity index (χ1n) is 7.03. The molecule has 1 aliphatic rings. The van der Waals surface area contributed by atoms with E-state index in [0.29, 0.717) is 0 Å². The first-order valence-corrected chi connectivity index (χ1v) is 7.03. The molecule has 0 unspecified atom stereocenters. The molecule has 1 saturated heterocycles. The second kappa shape index (κ2) is 6.03. The number of anilines is 2. The molecule has 0 bridgehead atoms. The van der Waals surface area contributed by atoms with Crippen LogP contribution in [0.2, 0.25) is 0 Å². The Labute approximate surface area is 110 Å². The van der Waals surface area contributed by atoms with E-state index in [1.165, 1.54) is 12.8 Å². The number of aromatic nitrogens is 2. The van der Waals surface area contributed by atoms with Gasteiger partial charge in [-0.25, -0.2) is 4.98 Å². The third-order valence-electron chi connectivity index (χ3n) is 3.47. The number of piperidine rings is 1. The molecule has 2 heterocycles. The Bertz CT molecular complexity index is 383. The molecule has 1 aromatic heterocycles. The first-order chi connectivity index (χ1) is 8.69. The van der Waals surface area contributed by atoms with Gasteiger partial charge in [-0.3, -0.25) is 0 Å². The molecule has 0 spiro atoms. The molecule has 18 heavy (non-hydrogen) atoms. The lowest BCUT2D eigenvalue weighted by molar-refractivity contribution is 0.434. The Balaban J connectivity index is 2.09. The maximum absolute atomic E-state index is 4.62. The molecule has 1 fully saturated rings. The fourth-order valence-corrected chi connectivity index (χ4v) is 2.25. The van der Waals surface area contributed by atoms with Gasteiger partial charge in [-0.2, -0.15) is 4.98 Å². The number of hydrogen-bond donors (Lipinski definition) is 1. The fourth-order valence-electron chi connectivity index (χ4n) is 2.25. The Morgan fingerprint density at radius 3 is 2.72 bits per heavy atom. The van der Waals surface area contributed by atoms with Gasteiger partial charge in [0.1, 0.15) is 5.82 Å².